The van der Waals surface area contributed by atoms with Crippen molar-refractivity contribution < 1.29 is 49.3 Å². The number of esters is 1. The molecular weight excluding hydrogens is 907 g/mol. The van der Waals surface area contributed by atoms with E-state index in [-0.39, 0.29) is 19.4 Å². The van der Waals surface area contributed by atoms with Crippen LogP contribution in [0.3, 0.4) is 0 Å². The van der Waals surface area contributed by atoms with E-state index in [4.69, 9.17) is 14.2 Å². The van der Waals surface area contributed by atoms with Gasteiger partial charge in [-0.15, -0.1) is 0 Å². The normalized spacial score (nSPS) is 20.4. The minimum atomic E-state index is -1.64. The largest absolute Gasteiger partial charge is 0.454 e. The number of unbranched alkanes of at least 4 members (excludes halogenated alkanes) is 18. The topological polar surface area (TPSA) is 175 Å². The van der Waals surface area contributed by atoms with Gasteiger partial charge in [-0.25, -0.2) is 0 Å². The summed E-state index contributed by atoms with van der Waals surface area (Å²) in [5, 5.41) is 56.7. The molecule has 1 aliphatic rings. The van der Waals surface area contributed by atoms with E-state index in [1.165, 1.54) is 64.2 Å². The van der Waals surface area contributed by atoms with Crippen molar-refractivity contribution in [1.82, 2.24) is 5.32 Å². The molecule has 0 aromatic carbocycles. The molecule has 410 valence electrons. The second-order valence-electron chi connectivity index (χ2n) is 19.0. The summed E-state index contributed by atoms with van der Waals surface area (Å²) in [6.07, 6.45) is 54.2. The van der Waals surface area contributed by atoms with Crippen molar-refractivity contribution in [3.05, 3.63) is 109 Å². The smallest absolute Gasteiger partial charge is 0.306 e. The Kier molecular flexibility index (Phi) is 44.5. The fourth-order valence-corrected chi connectivity index (χ4v) is 8.00. The lowest BCUT2D eigenvalue weighted by Crippen LogP contribution is -2.61. The van der Waals surface area contributed by atoms with Crippen molar-refractivity contribution in [2.45, 2.75) is 250 Å². The molecule has 8 unspecified atom stereocenters. The average molecular weight is 1010 g/mol. The Hall–Kier alpha value is -3.68. The van der Waals surface area contributed by atoms with Crippen LogP contribution in [-0.2, 0) is 23.8 Å². The molecule has 1 rings (SSSR count). The van der Waals surface area contributed by atoms with Crippen LogP contribution in [0.15, 0.2) is 109 Å². The van der Waals surface area contributed by atoms with E-state index in [2.05, 4.69) is 74.7 Å². The summed E-state index contributed by atoms with van der Waals surface area (Å²) >= 11 is 0. The number of hydrogen-bond acceptors (Lipinski definition) is 10. The van der Waals surface area contributed by atoms with Gasteiger partial charge in [0.05, 0.1) is 25.4 Å². The van der Waals surface area contributed by atoms with Gasteiger partial charge in [-0.3, -0.25) is 9.59 Å². The lowest BCUT2D eigenvalue weighted by atomic mass is 9.99. The number of amides is 1. The first-order chi connectivity index (χ1) is 35.2. The number of nitrogens with one attached hydrogen (secondary N) is 1. The van der Waals surface area contributed by atoms with Crippen LogP contribution < -0.4 is 5.32 Å². The Bertz CT molecular complexity index is 1580. The molecule has 1 heterocycles. The molecular formula is C61H101NO10. The van der Waals surface area contributed by atoms with Crippen molar-refractivity contribution in [3.8, 4) is 0 Å². The van der Waals surface area contributed by atoms with Gasteiger partial charge in [0.2, 0.25) is 5.91 Å². The Morgan fingerprint density at radius 1 is 0.569 bits per heavy atom. The molecule has 6 N–H and O–H groups in total. The molecule has 0 saturated carbocycles. The summed E-state index contributed by atoms with van der Waals surface area (Å²) in [4.78, 5) is 26.4. The molecule has 0 radical (unpaired) electrons. The lowest BCUT2D eigenvalue weighted by Gasteiger charge is -2.41. The van der Waals surface area contributed by atoms with Crippen LogP contribution in [0.2, 0.25) is 0 Å². The van der Waals surface area contributed by atoms with Gasteiger partial charge in [0.25, 0.3) is 0 Å². The minimum absolute atomic E-state index is 0.0846. The number of allylic oxidation sites excluding steroid dienone is 17. The molecule has 11 nitrogen and oxygen atoms in total. The third kappa shape index (κ3) is 36.3. The van der Waals surface area contributed by atoms with Crippen molar-refractivity contribution in [2.75, 3.05) is 13.2 Å². The van der Waals surface area contributed by atoms with E-state index in [0.717, 1.165) is 89.9 Å². The van der Waals surface area contributed by atoms with Crippen LogP contribution in [0, 0.1) is 0 Å². The summed E-state index contributed by atoms with van der Waals surface area (Å²) in [5.74, 6) is -1.29. The quantitative estimate of drug-likeness (QED) is 0.0149. The Morgan fingerprint density at radius 2 is 1.06 bits per heavy atom. The Labute approximate surface area is 437 Å². The zero-order chi connectivity index (χ0) is 52.5. The van der Waals surface area contributed by atoms with E-state index in [0.29, 0.717) is 12.8 Å². The molecule has 1 amide bonds. The monoisotopic (exact) mass is 1010 g/mol. The maximum absolute atomic E-state index is 13.3. The van der Waals surface area contributed by atoms with E-state index in [1.54, 1.807) is 6.08 Å². The second-order valence-corrected chi connectivity index (χ2v) is 19.0. The van der Waals surface area contributed by atoms with Crippen LogP contribution >= 0.6 is 0 Å². The maximum Gasteiger partial charge on any atom is 0.306 e. The zero-order valence-corrected chi connectivity index (χ0v) is 45.0. The summed E-state index contributed by atoms with van der Waals surface area (Å²) in [7, 11) is 0. The standard InChI is InChI=1S/C61H101NO10/c1-4-7-10-13-16-19-22-25-27-29-30-33-36-39-42-45-48-54(65)60(69)62-52(53(64)47-44-41-38-35-32-24-21-18-15-12-9-6-3)51-70-61-59(58(68)57(67)55(50-63)71-61)72-56(66)49-46-43-40-37-34-31-28-26-23-20-17-14-11-8-5-2/h8,11,14,16-17,19-20,23,25-28,30,33,39,42,44,47,52-55,57-59,61,63-65,67-68H,4-7,9-10,12-13,15,18,21-22,24,29,31-32,34-38,40-41,43,45-46,48-51H2,1-3H3,(H,62,69)/b11-8+,17-14+,19-16-,23-20+,27-25-,28-26-,33-30-,42-39-,47-44+. The molecule has 72 heavy (non-hydrogen) atoms. The molecule has 0 aromatic rings. The molecule has 1 fully saturated rings. The van der Waals surface area contributed by atoms with Gasteiger partial charge in [0, 0.05) is 6.42 Å². The first-order valence-electron chi connectivity index (χ1n) is 28.2. The van der Waals surface area contributed by atoms with E-state index in [9.17, 15) is 35.1 Å². The highest BCUT2D eigenvalue weighted by atomic mass is 16.7. The molecule has 0 bridgehead atoms. The lowest BCUT2D eigenvalue weighted by molar-refractivity contribution is -0.305. The first kappa shape index (κ1) is 66.3. The number of hydrogen-bond donors (Lipinski definition) is 6. The summed E-state index contributed by atoms with van der Waals surface area (Å²) < 4.78 is 17.5. The zero-order valence-electron chi connectivity index (χ0n) is 45.0. The number of carbonyl (C=O) groups is 2. The predicted octanol–water partition coefficient (Wildman–Crippen LogP) is 12.5. The highest BCUT2D eigenvalue weighted by molar-refractivity contribution is 5.80. The first-order valence-corrected chi connectivity index (χ1v) is 28.2. The molecule has 1 aliphatic heterocycles. The van der Waals surface area contributed by atoms with Gasteiger partial charge in [-0.1, -0.05) is 220 Å². The molecule has 11 heteroatoms. The van der Waals surface area contributed by atoms with E-state index >= 15 is 0 Å². The number of carbonyl (C=O) groups excluding carboxylic acids is 2. The number of aliphatic hydroxyl groups is 5. The SMILES string of the molecule is CC/C=C/C=C/C=C/C=C\CCCCCCCC(=O)OC1C(OCC(NC(=O)C(O)CC/C=C\C/C=C\C/C=C\C/C=C\CCCCC)C(O)/C=C/CCCCCCCCCCCC)OC(CO)C(O)C1O. The van der Waals surface area contributed by atoms with Crippen molar-refractivity contribution >= 4 is 11.9 Å². The fraction of sp³-hybridized carbons (Fsp3) is 0.672. The predicted molar refractivity (Wildman–Crippen MR) is 296 cm³/mol. The third-order valence-corrected chi connectivity index (χ3v) is 12.5. The van der Waals surface area contributed by atoms with Crippen molar-refractivity contribution in [2.24, 2.45) is 0 Å². The number of aliphatic hydroxyl groups excluding tert-OH is 5. The minimum Gasteiger partial charge on any atom is -0.454 e. The van der Waals surface area contributed by atoms with Crippen LogP contribution in [0.5, 0.6) is 0 Å². The highest BCUT2D eigenvalue weighted by Crippen LogP contribution is 2.26. The second kappa shape index (κ2) is 48.3. The molecule has 0 aromatic heterocycles. The van der Waals surface area contributed by atoms with Crippen molar-refractivity contribution in [1.29, 1.82) is 0 Å². The Balaban J connectivity index is 2.81. The molecule has 0 aliphatic carbocycles. The van der Waals surface area contributed by atoms with Crippen molar-refractivity contribution in [3.63, 3.8) is 0 Å². The van der Waals surface area contributed by atoms with Crippen LogP contribution in [0.4, 0.5) is 0 Å². The van der Waals surface area contributed by atoms with Crippen LogP contribution in [-0.4, -0.2) is 99.6 Å². The van der Waals surface area contributed by atoms with Crippen LogP contribution in [0.1, 0.15) is 201 Å². The maximum atomic E-state index is 13.3. The van der Waals surface area contributed by atoms with E-state index < -0.39 is 67.4 Å². The Morgan fingerprint density at radius 3 is 1.65 bits per heavy atom. The van der Waals surface area contributed by atoms with Gasteiger partial charge in [-0.2, -0.15) is 0 Å². The summed E-state index contributed by atoms with van der Waals surface area (Å²) in [6, 6.07) is -1.06. The van der Waals surface area contributed by atoms with E-state index in [1.807, 2.05) is 54.7 Å². The summed E-state index contributed by atoms with van der Waals surface area (Å²) in [6.45, 7) is 5.54. The highest BCUT2D eigenvalue weighted by Gasteiger charge is 2.47. The summed E-state index contributed by atoms with van der Waals surface area (Å²) in [5.41, 5.74) is 0. The molecule has 8 atom stereocenters. The third-order valence-electron chi connectivity index (χ3n) is 12.5. The molecule has 1 saturated heterocycles. The van der Waals surface area contributed by atoms with Crippen LogP contribution in [0.25, 0.3) is 0 Å². The van der Waals surface area contributed by atoms with Gasteiger partial charge in [0.1, 0.15) is 24.4 Å². The molecule has 0 spiro atoms. The average Bonchev–Trinajstić information content (AvgIpc) is 3.38. The van der Waals surface area contributed by atoms with Gasteiger partial charge >= 0.3 is 5.97 Å². The number of ether oxygens (including phenoxy) is 3. The fourth-order valence-electron chi connectivity index (χ4n) is 8.00. The number of rotatable bonds is 45. The van der Waals surface area contributed by atoms with Gasteiger partial charge < -0.3 is 45.1 Å². The van der Waals surface area contributed by atoms with Gasteiger partial charge in [-0.05, 0) is 83.5 Å². The van der Waals surface area contributed by atoms with Gasteiger partial charge in [0.15, 0.2) is 12.4 Å².